The van der Waals surface area contributed by atoms with E-state index in [1.165, 1.54) is 29.8 Å². The molecule has 0 bridgehead atoms. The van der Waals surface area contributed by atoms with Crippen molar-refractivity contribution in [3.05, 3.63) is 40.9 Å². The quantitative estimate of drug-likeness (QED) is 0.527. The number of nitrogens with zero attached hydrogens (tertiary/aromatic N) is 2. The molecule has 0 aliphatic heterocycles. The number of carbonyl (C=O) groups is 2. The standard InChI is InChI=1S/C20H22N4O3S2/c1-4-5-10-16(25)23-19-22-14(11-28-19)17-12(2)21-20(29-17)24-18(26)13-8-6-7-9-15(13)27-3/h6-9,11H,4-5,10H2,1-3H3,(H,21,24,26)(H,22,23,25). The van der Waals surface area contributed by atoms with Gasteiger partial charge in [-0.15, -0.1) is 11.3 Å². The molecule has 0 saturated carbocycles. The zero-order valence-corrected chi connectivity index (χ0v) is 18.1. The first-order valence-electron chi connectivity index (χ1n) is 9.19. The Kier molecular flexibility index (Phi) is 6.95. The van der Waals surface area contributed by atoms with Gasteiger partial charge < -0.3 is 10.1 Å². The molecule has 2 N–H and O–H groups in total. The second-order valence-electron chi connectivity index (χ2n) is 6.28. The first kappa shape index (κ1) is 20.9. The Morgan fingerprint density at radius 2 is 1.93 bits per heavy atom. The number of nitrogens with one attached hydrogen (secondary N) is 2. The largest absolute Gasteiger partial charge is 0.496 e. The van der Waals surface area contributed by atoms with Crippen molar-refractivity contribution in [2.24, 2.45) is 0 Å². The highest BCUT2D eigenvalue weighted by molar-refractivity contribution is 7.20. The van der Waals surface area contributed by atoms with Gasteiger partial charge >= 0.3 is 0 Å². The zero-order chi connectivity index (χ0) is 20.8. The number of methoxy groups -OCH3 is 1. The van der Waals surface area contributed by atoms with E-state index in [4.69, 9.17) is 4.74 Å². The van der Waals surface area contributed by atoms with Crippen LogP contribution in [0, 0.1) is 6.92 Å². The lowest BCUT2D eigenvalue weighted by Gasteiger charge is -2.06. The zero-order valence-electron chi connectivity index (χ0n) is 16.4. The van der Waals surface area contributed by atoms with Gasteiger partial charge in [-0.25, -0.2) is 9.97 Å². The Hall–Kier alpha value is -2.78. The van der Waals surface area contributed by atoms with E-state index in [0.717, 1.165) is 29.1 Å². The molecule has 0 unspecified atom stereocenters. The molecule has 0 fully saturated rings. The Bertz CT molecular complexity index is 1010. The highest BCUT2D eigenvalue weighted by atomic mass is 32.1. The van der Waals surface area contributed by atoms with Crippen LogP contribution in [0.4, 0.5) is 10.3 Å². The molecule has 2 heterocycles. The molecule has 9 heteroatoms. The predicted octanol–water partition coefficient (Wildman–Crippen LogP) is 4.96. The molecule has 0 radical (unpaired) electrons. The van der Waals surface area contributed by atoms with E-state index in [1.54, 1.807) is 18.2 Å². The van der Waals surface area contributed by atoms with Crippen LogP contribution in [0.2, 0.25) is 0 Å². The summed E-state index contributed by atoms with van der Waals surface area (Å²) in [6.07, 6.45) is 2.32. The van der Waals surface area contributed by atoms with Crippen molar-refractivity contribution in [1.29, 1.82) is 0 Å². The van der Waals surface area contributed by atoms with Gasteiger partial charge in [0.05, 0.1) is 28.9 Å². The summed E-state index contributed by atoms with van der Waals surface area (Å²) in [5.41, 5.74) is 1.93. The molecular weight excluding hydrogens is 408 g/mol. The van der Waals surface area contributed by atoms with Gasteiger partial charge in [0.2, 0.25) is 5.91 Å². The average molecular weight is 431 g/mol. The van der Waals surface area contributed by atoms with Crippen molar-refractivity contribution in [2.75, 3.05) is 17.7 Å². The minimum absolute atomic E-state index is 0.0291. The lowest BCUT2D eigenvalue weighted by molar-refractivity contribution is -0.116. The van der Waals surface area contributed by atoms with Gasteiger partial charge in [-0.05, 0) is 25.5 Å². The van der Waals surface area contributed by atoms with Gasteiger partial charge in [0.1, 0.15) is 5.75 Å². The molecule has 0 spiro atoms. The third kappa shape index (κ3) is 5.18. The van der Waals surface area contributed by atoms with Crippen LogP contribution in [0.15, 0.2) is 29.6 Å². The maximum Gasteiger partial charge on any atom is 0.261 e. The van der Waals surface area contributed by atoms with Crippen LogP contribution in [0.5, 0.6) is 5.75 Å². The lowest BCUT2D eigenvalue weighted by atomic mass is 10.2. The second-order valence-corrected chi connectivity index (χ2v) is 8.13. The van der Waals surface area contributed by atoms with Crippen molar-refractivity contribution in [2.45, 2.75) is 33.1 Å². The number of amides is 2. The number of thiazole rings is 2. The van der Waals surface area contributed by atoms with Crippen LogP contribution in [0.3, 0.4) is 0 Å². The van der Waals surface area contributed by atoms with Gasteiger partial charge in [0.25, 0.3) is 5.91 Å². The fourth-order valence-electron chi connectivity index (χ4n) is 2.64. The van der Waals surface area contributed by atoms with Crippen molar-refractivity contribution in [1.82, 2.24) is 9.97 Å². The first-order chi connectivity index (χ1) is 14.0. The maximum atomic E-state index is 12.6. The maximum absolute atomic E-state index is 12.6. The van der Waals surface area contributed by atoms with Crippen LogP contribution in [0.1, 0.15) is 42.2 Å². The van der Waals surface area contributed by atoms with Crippen LogP contribution in [0.25, 0.3) is 10.6 Å². The van der Waals surface area contributed by atoms with Crippen molar-refractivity contribution < 1.29 is 14.3 Å². The average Bonchev–Trinajstić information content (AvgIpc) is 3.32. The van der Waals surface area contributed by atoms with Crippen LogP contribution < -0.4 is 15.4 Å². The summed E-state index contributed by atoms with van der Waals surface area (Å²) < 4.78 is 5.24. The smallest absolute Gasteiger partial charge is 0.261 e. The van der Waals surface area contributed by atoms with Crippen LogP contribution in [-0.2, 0) is 4.79 Å². The van der Waals surface area contributed by atoms with Gasteiger partial charge in [0.15, 0.2) is 10.3 Å². The number of hydrogen-bond acceptors (Lipinski definition) is 7. The van der Waals surface area contributed by atoms with E-state index in [-0.39, 0.29) is 11.8 Å². The van der Waals surface area contributed by atoms with Crippen LogP contribution >= 0.6 is 22.7 Å². The third-order valence-corrected chi connectivity index (χ3v) is 5.96. The Morgan fingerprint density at radius 1 is 1.14 bits per heavy atom. The number of rotatable bonds is 8. The van der Waals surface area contributed by atoms with Gasteiger partial charge in [-0.1, -0.05) is 36.8 Å². The molecule has 0 saturated heterocycles. The minimum Gasteiger partial charge on any atom is -0.496 e. The molecule has 3 aromatic rings. The molecule has 152 valence electrons. The van der Waals surface area contributed by atoms with E-state index in [0.29, 0.717) is 28.0 Å². The topological polar surface area (TPSA) is 93.2 Å². The van der Waals surface area contributed by atoms with Gasteiger partial charge in [-0.3, -0.25) is 14.9 Å². The number of unbranched alkanes of at least 4 members (excludes halogenated alkanes) is 1. The number of benzene rings is 1. The number of carbonyl (C=O) groups excluding carboxylic acids is 2. The first-order valence-corrected chi connectivity index (χ1v) is 10.9. The monoisotopic (exact) mass is 430 g/mol. The fourth-order valence-corrected chi connectivity index (χ4v) is 4.35. The van der Waals surface area contributed by atoms with Gasteiger partial charge in [-0.2, -0.15) is 0 Å². The summed E-state index contributed by atoms with van der Waals surface area (Å²) in [5.74, 6) is 0.185. The van der Waals surface area contributed by atoms with Crippen molar-refractivity contribution in [3.8, 4) is 16.3 Å². The Morgan fingerprint density at radius 3 is 2.69 bits per heavy atom. The molecule has 0 atom stereocenters. The van der Waals surface area contributed by atoms with Crippen molar-refractivity contribution in [3.63, 3.8) is 0 Å². The van der Waals surface area contributed by atoms with E-state index < -0.39 is 0 Å². The number of anilines is 2. The molecule has 2 aromatic heterocycles. The summed E-state index contributed by atoms with van der Waals surface area (Å²) in [6, 6.07) is 7.02. The summed E-state index contributed by atoms with van der Waals surface area (Å²) in [4.78, 5) is 34.2. The highest BCUT2D eigenvalue weighted by Crippen LogP contribution is 2.35. The molecule has 29 heavy (non-hydrogen) atoms. The molecule has 7 nitrogen and oxygen atoms in total. The Labute approximate surface area is 177 Å². The number of aryl methyl sites for hydroxylation is 1. The SMILES string of the molecule is CCCCC(=O)Nc1nc(-c2sc(NC(=O)c3ccccc3OC)nc2C)cs1. The minimum atomic E-state index is -0.287. The Balaban J connectivity index is 1.72. The fraction of sp³-hybridized carbons (Fsp3) is 0.300. The molecule has 3 rings (SSSR count). The van der Waals surface area contributed by atoms with E-state index in [9.17, 15) is 9.59 Å². The summed E-state index contributed by atoms with van der Waals surface area (Å²) >= 11 is 2.71. The number of hydrogen-bond donors (Lipinski definition) is 2. The number of para-hydroxylation sites is 1. The highest BCUT2D eigenvalue weighted by Gasteiger charge is 2.17. The van der Waals surface area contributed by atoms with Crippen molar-refractivity contribution >= 4 is 44.8 Å². The normalized spacial score (nSPS) is 10.6. The van der Waals surface area contributed by atoms with E-state index in [2.05, 4.69) is 20.6 Å². The molecule has 2 amide bonds. The summed E-state index contributed by atoms with van der Waals surface area (Å²) in [7, 11) is 1.53. The molecule has 0 aliphatic rings. The second kappa shape index (κ2) is 9.62. The lowest BCUT2D eigenvalue weighted by Crippen LogP contribution is -2.12. The molecule has 0 aliphatic carbocycles. The predicted molar refractivity (Wildman–Crippen MR) is 117 cm³/mol. The molecular formula is C20H22N4O3S2. The van der Waals surface area contributed by atoms with Gasteiger partial charge in [0, 0.05) is 11.8 Å². The summed E-state index contributed by atoms with van der Waals surface area (Å²) in [6.45, 7) is 3.91. The van der Waals surface area contributed by atoms with E-state index in [1.807, 2.05) is 25.3 Å². The number of aromatic nitrogens is 2. The molecule has 1 aromatic carbocycles. The van der Waals surface area contributed by atoms with E-state index >= 15 is 0 Å². The number of ether oxygens (including phenoxy) is 1. The third-order valence-electron chi connectivity index (χ3n) is 4.11. The summed E-state index contributed by atoms with van der Waals surface area (Å²) in [5, 5.41) is 8.57. The van der Waals surface area contributed by atoms with Crippen LogP contribution in [-0.4, -0.2) is 28.9 Å².